The van der Waals surface area contributed by atoms with E-state index in [2.05, 4.69) is 10.6 Å². The molecule has 0 saturated carbocycles. The van der Waals surface area contributed by atoms with Crippen LogP contribution in [0.25, 0.3) is 0 Å². The molecule has 21 heavy (non-hydrogen) atoms. The van der Waals surface area contributed by atoms with E-state index >= 15 is 0 Å². The largest absolute Gasteiger partial charge is 0.395 e. The highest BCUT2D eigenvalue weighted by atomic mass is 35.5. The predicted molar refractivity (Wildman–Crippen MR) is 75.0 cm³/mol. The summed E-state index contributed by atoms with van der Waals surface area (Å²) in [6, 6.07) is 6.00. The Balaban J connectivity index is 1.90. The van der Waals surface area contributed by atoms with E-state index in [-0.39, 0.29) is 6.42 Å². The number of rotatable bonds is 2. The second-order valence-electron chi connectivity index (χ2n) is 4.49. The van der Waals surface area contributed by atoms with Gasteiger partial charge in [0.05, 0.1) is 5.92 Å². The van der Waals surface area contributed by atoms with Crippen LogP contribution in [-0.4, -0.2) is 12.2 Å². The number of carbonyl (C=O) groups excluding carboxylic acids is 1. The number of benzene rings is 1. The predicted octanol–water partition coefficient (Wildman–Crippen LogP) is 4.48. The van der Waals surface area contributed by atoms with Gasteiger partial charge in [0, 0.05) is 16.4 Å². The third-order valence-corrected chi connectivity index (χ3v) is 3.10. The lowest BCUT2D eigenvalue weighted by molar-refractivity contribution is -0.160. The van der Waals surface area contributed by atoms with Crippen molar-refractivity contribution in [2.75, 3.05) is 5.32 Å². The summed E-state index contributed by atoms with van der Waals surface area (Å²) in [6.07, 6.45) is -0.821. The van der Waals surface area contributed by atoms with Crippen molar-refractivity contribution in [3.63, 3.8) is 0 Å². The maximum Gasteiger partial charge on any atom is 0.395 e. The summed E-state index contributed by atoms with van der Waals surface area (Å²) in [5, 5.41) is 5.48. The van der Waals surface area contributed by atoms with Crippen molar-refractivity contribution in [3.8, 4) is 0 Å². The van der Waals surface area contributed by atoms with Crippen molar-refractivity contribution in [2.45, 2.75) is 12.6 Å². The third-order valence-electron chi connectivity index (χ3n) is 2.86. The first kappa shape index (κ1) is 15.4. The summed E-state index contributed by atoms with van der Waals surface area (Å²) in [6.45, 7) is 0. The SMILES string of the molecule is O=C(NC1=CCC(C(F)(F)F)C=C1)Nc1cccc(Cl)c1. The maximum atomic E-state index is 12.5. The fourth-order valence-corrected chi connectivity index (χ4v) is 2.01. The quantitative estimate of drug-likeness (QED) is 0.829. The van der Waals surface area contributed by atoms with Gasteiger partial charge in [0.15, 0.2) is 0 Å². The van der Waals surface area contributed by atoms with E-state index < -0.39 is 18.1 Å². The smallest absolute Gasteiger partial charge is 0.308 e. The van der Waals surface area contributed by atoms with Gasteiger partial charge in [0.25, 0.3) is 0 Å². The Morgan fingerprint density at radius 1 is 1.29 bits per heavy atom. The average Bonchev–Trinajstić information content (AvgIpc) is 2.38. The molecule has 0 aromatic heterocycles. The molecule has 2 amide bonds. The number of amides is 2. The fourth-order valence-electron chi connectivity index (χ4n) is 1.82. The van der Waals surface area contributed by atoms with E-state index in [1.165, 1.54) is 12.2 Å². The summed E-state index contributed by atoms with van der Waals surface area (Å²) in [7, 11) is 0. The van der Waals surface area contributed by atoms with Crippen LogP contribution >= 0.6 is 11.6 Å². The van der Waals surface area contributed by atoms with Crippen molar-refractivity contribution in [3.05, 3.63) is 53.2 Å². The van der Waals surface area contributed by atoms with Gasteiger partial charge in [-0.15, -0.1) is 0 Å². The van der Waals surface area contributed by atoms with Gasteiger partial charge < -0.3 is 10.6 Å². The summed E-state index contributed by atoms with van der Waals surface area (Å²) in [4.78, 5) is 11.7. The number of allylic oxidation sites excluding steroid dienone is 3. The molecule has 0 aliphatic heterocycles. The van der Waals surface area contributed by atoms with Crippen LogP contribution in [0.4, 0.5) is 23.7 Å². The van der Waals surface area contributed by atoms with Crippen molar-refractivity contribution < 1.29 is 18.0 Å². The lowest BCUT2D eigenvalue weighted by Gasteiger charge is -2.19. The van der Waals surface area contributed by atoms with E-state index in [1.807, 2.05) is 0 Å². The van der Waals surface area contributed by atoms with Crippen LogP contribution in [0.2, 0.25) is 5.02 Å². The Morgan fingerprint density at radius 2 is 2.05 bits per heavy atom. The van der Waals surface area contributed by atoms with Gasteiger partial charge in [-0.2, -0.15) is 13.2 Å². The lowest BCUT2D eigenvalue weighted by Crippen LogP contribution is -2.29. The molecular weight excluding hydrogens is 305 g/mol. The molecular formula is C14H12ClF3N2O. The van der Waals surface area contributed by atoms with Crippen LogP contribution in [0.3, 0.4) is 0 Å². The first-order chi connectivity index (χ1) is 9.84. The summed E-state index contributed by atoms with van der Waals surface area (Å²) in [5.74, 6) is -1.50. The van der Waals surface area contributed by atoms with Crippen molar-refractivity contribution in [2.24, 2.45) is 5.92 Å². The molecule has 1 aliphatic rings. The number of anilines is 1. The minimum atomic E-state index is -4.26. The number of halogens is 4. The zero-order valence-corrected chi connectivity index (χ0v) is 11.5. The minimum absolute atomic E-state index is 0.188. The number of urea groups is 1. The van der Waals surface area contributed by atoms with Gasteiger partial charge in [-0.3, -0.25) is 0 Å². The highest BCUT2D eigenvalue weighted by molar-refractivity contribution is 6.30. The van der Waals surface area contributed by atoms with E-state index in [0.29, 0.717) is 16.4 Å². The van der Waals surface area contributed by atoms with Crippen LogP contribution in [0.1, 0.15) is 6.42 Å². The normalized spacial score (nSPS) is 18.1. The van der Waals surface area contributed by atoms with Crippen LogP contribution in [0.5, 0.6) is 0 Å². The van der Waals surface area contributed by atoms with Gasteiger partial charge in [-0.1, -0.05) is 29.8 Å². The molecule has 112 valence electrons. The average molecular weight is 317 g/mol. The lowest BCUT2D eigenvalue weighted by atomic mass is 9.99. The Morgan fingerprint density at radius 3 is 2.62 bits per heavy atom. The van der Waals surface area contributed by atoms with Crippen LogP contribution in [0, 0.1) is 5.92 Å². The van der Waals surface area contributed by atoms with Gasteiger partial charge in [-0.25, -0.2) is 4.79 Å². The topological polar surface area (TPSA) is 41.1 Å². The van der Waals surface area contributed by atoms with E-state index in [0.717, 1.165) is 6.08 Å². The number of nitrogens with one attached hydrogen (secondary N) is 2. The molecule has 0 saturated heterocycles. The maximum absolute atomic E-state index is 12.5. The van der Waals surface area contributed by atoms with Crippen molar-refractivity contribution >= 4 is 23.3 Å². The molecule has 2 rings (SSSR count). The standard InChI is InChI=1S/C14H12ClF3N2O/c15-10-2-1-3-12(8-10)20-13(21)19-11-6-4-9(5-7-11)14(16,17)18/h1-4,6-9H,5H2,(H2,19,20,21). The van der Waals surface area contributed by atoms with Gasteiger partial charge >= 0.3 is 12.2 Å². The second-order valence-corrected chi connectivity index (χ2v) is 4.93. The first-order valence-corrected chi connectivity index (χ1v) is 6.51. The van der Waals surface area contributed by atoms with E-state index in [4.69, 9.17) is 11.6 Å². The summed E-state index contributed by atoms with van der Waals surface area (Å²) < 4.78 is 37.4. The Labute approximate surface area is 124 Å². The molecule has 0 heterocycles. The Hall–Kier alpha value is -1.95. The first-order valence-electron chi connectivity index (χ1n) is 6.13. The number of alkyl halides is 3. The second kappa shape index (κ2) is 6.22. The molecule has 0 fully saturated rings. The minimum Gasteiger partial charge on any atom is -0.308 e. The summed E-state index contributed by atoms with van der Waals surface area (Å²) >= 11 is 5.78. The molecule has 2 N–H and O–H groups in total. The molecule has 1 unspecified atom stereocenters. The van der Waals surface area contributed by atoms with Crippen LogP contribution in [0.15, 0.2) is 48.2 Å². The molecule has 1 atom stereocenters. The number of carbonyl (C=O) groups is 1. The zero-order chi connectivity index (χ0) is 15.5. The highest BCUT2D eigenvalue weighted by Gasteiger charge is 2.37. The van der Waals surface area contributed by atoms with Crippen molar-refractivity contribution in [1.29, 1.82) is 0 Å². The molecule has 1 aliphatic carbocycles. The van der Waals surface area contributed by atoms with Gasteiger partial charge in [0.1, 0.15) is 0 Å². The molecule has 1 aromatic rings. The Kier molecular flexibility index (Phi) is 4.57. The zero-order valence-electron chi connectivity index (χ0n) is 10.7. The molecule has 1 aromatic carbocycles. The number of hydrogen-bond donors (Lipinski definition) is 2. The number of hydrogen-bond acceptors (Lipinski definition) is 1. The van der Waals surface area contributed by atoms with E-state index in [9.17, 15) is 18.0 Å². The van der Waals surface area contributed by atoms with Crippen LogP contribution in [-0.2, 0) is 0 Å². The van der Waals surface area contributed by atoms with Gasteiger partial charge in [-0.05, 0) is 30.7 Å². The van der Waals surface area contributed by atoms with Crippen LogP contribution < -0.4 is 10.6 Å². The molecule has 0 radical (unpaired) electrons. The highest BCUT2D eigenvalue weighted by Crippen LogP contribution is 2.32. The molecule has 0 spiro atoms. The fraction of sp³-hybridized carbons (Fsp3) is 0.214. The molecule has 7 heteroatoms. The third kappa shape index (κ3) is 4.53. The van der Waals surface area contributed by atoms with Gasteiger partial charge in [0.2, 0.25) is 0 Å². The monoisotopic (exact) mass is 316 g/mol. The Bertz CT molecular complexity index is 596. The van der Waals surface area contributed by atoms with E-state index in [1.54, 1.807) is 24.3 Å². The summed E-state index contributed by atoms with van der Waals surface area (Å²) in [5.41, 5.74) is 0.823. The van der Waals surface area contributed by atoms with Crippen molar-refractivity contribution in [1.82, 2.24) is 5.32 Å². The molecule has 0 bridgehead atoms. The molecule has 3 nitrogen and oxygen atoms in total.